The number of hydrogen-bond acceptors (Lipinski definition) is 5. The Morgan fingerprint density at radius 3 is 2.89 bits per heavy atom. The highest BCUT2D eigenvalue weighted by atomic mass is 19.4. The maximum atomic E-state index is 12.8. The van der Waals surface area contributed by atoms with Crippen molar-refractivity contribution in [1.29, 1.82) is 0 Å². The maximum Gasteiger partial charge on any atom is 0.433 e. The number of aromatic nitrogens is 2. The van der Waals surface area contributed by atoms with E-state index in [1.807, 2.05) is 25.1 Å². The Labute approximate surface area is 160 Å². The van der Waals surface area contributed by atoms with Crippen molar-refractivity contribution in [2.75, 3.05) is 19.7 Å². The molecule has 3 rings (SSSR count). The highest BCUT2D eigenvalue weighted by Gasteiger charge is 2.33. The van der Waals surface area contributed by atoms with Crippen molar-refractivity contribution in [1.82, 2.24) is 14.9 Å². The van der Waals surface area contributed by atoms with Crippen molar-refractivity contribution in [3.8, 4) is 11.8 Å². The van der Waals surface area contributed by atoms with Gasteiger partial charge >= 0.3 is 12.2 Å². The summed E-state index contributed by atoms with van der Waals surface area (Å²) in [5.41, 5.74) is -0.0368. The third-order valence-electron chi connectivity index (χ3n) is 4.28. The second-order valence-electron chi connectivity index (χ2n) is 6.55. The molecule has 1 aromatic heterocycles. The van der Waals surface area contributed by atoms with Crippen LogP contribution >= 0.6 is 0 Å². The normalized spacial score (nSPS) is 17.3. The van der Waals surface area contributed by atoms with Gasteiger partial charge in [0.25, 0.3) is 5.91 Å². The number of carbonyl (C=O) groups is 1. The smallest absolute Gasteiger partial charge is 0.433 e. The molecule has 28 heavy (non-hydrogen) atoms. The zero-order valence-corrected chi connectivity index (χ0v) is 15.3. The molecule has 9 heteroatoms. The van der Waals surface area contributed by atoms with Crippen LogP contribution in [0.4, 0.5) is 13.2 Å². The van der Waals surface area contributed by atoms with Crippen LogP contribution in [0.15, 0.2) is 36.5 Å². The first kappa shape index (κ1) is 19.9. The number of likely N-dealkylation sites (tertiary alicyclic amines) is 1. The van der Waals surface area contributed by atoms with Gasteiger partial charge in [0.2, 0.25) is 0 Å². The lowest BCUT2D eigenvalue weighted by Gasteiger charge is -2.32. The summed E-state index contributed by atoms with van der Waals surface area (Å²) in [6.45, 7) is 2.60. The molecule has 1 amide bonds. The summed E-state index contributed by atoms with van der Waals surface area (Å²) < 4.78 is 49.3. The lowest BCUT2D eigenvalue weighted by Crippen LogP contribution is -2.46. The van der Waals surface area contributed by atoms with Crippen molar-refractivity contribution in [2.45, 2.75) is 32.0 Å². The first-order valence-electron chi connectivity index (χ1n) is 8.85. The SMILES string of the molecule is Cc1cccc(OCC(=O)N2CCCC(Oc3nccc(C(F)(F)F)n3)C2)c1. The Bertz CT molecular complexity index is 829. The molecule has 2 heterocycles. The molecule has 6 nitrogen and oxygen atoms in total. The van der Waals surface area contributed by atoms with Gasteiger partial charge in [-0.3, -0.25) is 4.79 Å². The predicted octanol–water partition coefficient (Wildman–Crippen LogP) is 3.25. The molecule has 0 N–H and O–H groups in total. The van der Waals surface area contributed by atoms with E-state index in [9.17, 15) is 18.0 Å². The van der Waals surface area contributed by atoms with Gasteiger partial charge in [0, 0.05) is 12.7 Å². The highest BCUT2D eigenvalue weighted by Crippen LogP contribution is 2.28. The molecule has 1 saturated heterocycles. The first-order valence-corrected chi connectivity index (χ1v) is 8.85. The van der Waals surface area contributed by atoms with Crippen molar-refractivity contribution in [2.24, 2.45) is 0 Å². The van der Waals surface area contributed by atoms with E-state index in [1.54, 1.807) is 11.0 Å². The standard InChI is InChI=1S/C19H20F3N3O3/c1-13-4-2-5-14(10-13)27-12-17(26)25-9-3-6-15(11-25)28-18-23-8-7-16(24-18)19(20,21)22/h2,4-5,7-8,10,15H,3,6,9,11-12H2,1H3. The Kier molecular flexibility index (Phi) is 6.01. The molecule has 1 atom stereocenters. The summed E-state index contributed by atoms with van der Waals surface area (Å²) in [5, 5.41) is 0. The zero-order chi connectivity index (χ0) is 20.1. The van der Waals surface area contributed by atoms with Crippen LogP contribution in [0.2, 0.25) is 0 Å². The van der Waals surface area contributed by atoms with E-state index in [0.29, 0.717) is 25.1 Å². The second kappa shape index (κ2) is 8.45. The number of rotatable bonds is 5. The van der Waals surface area contributed by atoms with Crippen molar-refractivity contribution < 1.29 is 27.4 Å². The molecule has 0 spiro atoms. The number of ether oxygens (including phenoxy) is 2. The third kappa shape index (κ3) is 5.34. The Hall–Kier alpha value is -2.84. The molecule has 0 saturated carbocycles. The van der Waals surface area contributed by atoms with Gasteiger partial charge in [0.15, 0.2) is 12.3 Å². The molecular formula is C19H20F3N3O3. The molecule has 1 fully saturated rings. The van der Waals surface area contributed by atoms with Gasteiger partial charge in [-0.1, -0.05) is 12.1 Å². The fourth-order valence-corrected chi connectivity index (χ4v) is 2.91. The van der Waals surface area contributed by atoms with E-state index in [4.69, 9.17) is 9.47 Å². The first-order chi connectivity index (χ1) is 13.3. The lowest BCUT2D eigenvalue weighted by atomic mass is 10.1. The minimum Gasteiger partial charge on any atom is -0.484 e. The molecule has 0 radical (unpaired) electrons. The van der Waals surface area contributed by atoms with E-state index in [1.165, 1.54) is 0 Å². The van der Waals surface area contributed by atoms with Crippen LogP contribution in [-0.2, 0) is 11.0 Å². The number of hydrogen-bond donors (Lipinski definition) is 0. The number of aryl methyl sites for hydroxylation is 1. The van der Waals surface area contributed by atoms with Gasteiger partial charge in [-0.05, 0) is 43.5 Å². The molecule has 2 aromatic rings. The molecule has 0 aliphatic carbocycles. The van der Waals surface area contributed by atoms with Crippen molar-refractivity contribution >= 4 is 5.91 Å². The van der Waals surface area contributed by atoms with Gasteiger partial charge in [0.1, 0.15) is 11.9 Å². The minimum atomic E-state index is -4.57. The Morgan fingerprint density at radius 2 is 2.14 bits per heavy atom. The van der Waals surface area contributed by atoms with Crippen molar-refractivity contribution in [3.63, 3.8) is 0 Å². The summed E-state index contributed by atoms with van der Waals surface area (Å²) in [7, 11) is 0. The molecule has 1 aliphatic rings. The Morgan fingerprint density at radius 1 is 1.32 bits per heavy atom. The van der Waals surface area contributed by atoms with Crippen molar-refractivity contribution in [3.05, 3.63) is 47.8 Å². The largest absolute Gasteiger partial charge is 0.484 e. The topological polar surface area (TPSA) is 64.5 Å². The fraction of sp³-hybridized carbons (Fsp3) is 0.421. The molecule has 1 aliphatic heterocycles. The monoisotopic (exact) mass is 395 g/mol. The van der Waals surface area contributed by atoms with Gasteiger partial charge in [0.05, 0.1) is 6.54 Å². The van der Waals surface area contributed by atoms with E-state index in [2.05, 4.69) is 9.97 Å². The third-order valence-corrected chi connectivity index (χ3v) is 4.28. The minimum absolute atomic E-state index is 0.115. The molecule has 1 unspecified atom stereocenters. The average molecular weight is 395 g/mol. The van der Waals surface area contributed by atoms with E-state index in [0.717, 1.165) is 17.8 Å². The van der Waals surface area contributed by atoms with Gasteiger partial charge in [-0.25, -0.2) is 4.98 Å². The number of amides is 1. The summed E-state index contributed by atoms with van der Waals surface area (Å²) in [6, 6.07) is 7.82. The highest BCUT2D eigenvalue weighted by molar-refractivity contribution is 5.77. The summed E-state index contributed by atoms with van der Waals surface area (Å²) in [4.78, 5) is 21.1. The number of carbonyl (C=O) groups excluding carboxylic acids is 1. The van der Waals surface area contributed by atoms with E-state index >= 15 is 0 Å². The summed E-state index contributed by atoms with van der Waals surface area (Å²) in [5.74, 6) is 0.398. The molecule has 150 valence electrons. The number of alkyl halides is 3. The van der Waals surface area contributed by atoms with Gasteiger partial charge < -0.3 is 14.4 Å². The maximum absolute atomic E-state index is 12.8. The lowest BCUT2D eigenvalue weighted by molar-refractivity contribution is -0.141. The molecule has 0 bridgehead atoms. The van der Waals surface area contributed by atoms with Crippen LogP contribution in [0, 0.1) is 6.92 Å². The second-order valence-corrected chi connectivity index (χ2v) is 6.55. The van der Waals surface area contributed by atoms with Crippen LogP contribution in [0.3, 0.4) is 0 Å². The van der Waals surface area contributed by atoms with Gasteiger partial charge in [-0.2, -0.15) is 18.2 Å². The summed E-state index contributed by atoms with van der Waals surface area (Å²) >= 11 is 0. The summed E-state index contributed by atoms with van der Waals surface area (Å²) in [6.07, 6.45) is -2.77. The predicted molar refractivity (Wildman–Crippen MR) is 93.9 cm³/mol. The Balaban J connectivity index is 1.55. The van der Waals surface area contributed by atoms with E-state index < -0.39 is 18.0 Å². The quantitative estimate of drug-likeness (QED) is 0.778. The number of nitrogens with zero attached hydrogens (tertiary/aromatic N) is 3. The van der Waals surface area contributed by atoms with Crippen LogP contribution in [0.5, 0.6) is 11.8 Å². The number of benzene rings is 1. The van der Waals surface area contributed by atoms with E-state index in [-0.39, 0.29) is 25.1 Å². The molecule has 1 aromatic carbocycles. The number of halogens is 3. The average Bonchev–Trinajstić information content (AvgIpc) is 2.66. The van der Waals surface area contributed by atoms with Gasteiger partial charge in [-0.15, -0.1) is 0 Å². The van der Waals surface area contributed by atoms with Crippen LogP contribution < -0.4 is 9.47 Å². The fourth-order valence-electron chi connectivity index (χ4n) is 2.91. The number of piperidine rings is 1. The molecular weight excluding hydrogens is 375 g/mol. The van der Waals surface area contributed by atoms with Crippen LogP contribution in [0.1, 0.15) is 24.1 Å². The van der Waals surface area contributed by atoms with Crippen LogP contribution in [0.25, 0.3) is 0 Å². The van der Waals surface area contributed by atoms with Crippen LogP contribution in [-0.4, -0.2) is 46.6 Å². The zero-order valence-electron chi connectivity index (χ0n) is 15.3.